The Morgan fingerprint density at radius 1 is 1.12 bits per heavy atom. The lowest BCUT2D eigenvalue weighted by atomic mass is 10.1. The SMILES string of the molecule is C=C(COC)Nc1cccc2c1C(=O)N([C@@H](CS(C)(=O)=O)c1ccc(OC)c(OCC)c1)C2=O. The molecule has 0 spiro atoms. The molecular weight excluding hydrogens is 460 g/mol. The topological polar surface area (TPSA) is 111 Å². The van der Waals surface area contributed by atoms with Gasteiger partial charge in [0.15, 0.2) is 11.5 Å². The molecule has 0 fully saturated rings. The summed E-state index contributed by atoms with van der Waals surface area (Å²) in [4.78, 5) is 27.9. The van der Waals surface area contributed by atoms with Gasteiger partial charge >= 0.3 is 0 Å². The van der Waals surface area contributed by atoms with Crippen molar-refractivity contribution in [3.63, 3.8) is 0 Å². The Balaban J connectivity index is 2.09. The molecule has 9 nitrogen and oxygen atoms in total. The zero-order valence-corrected chi connectivity index (χ0v) is 20.4. The molecule has 1 N–H and O–H groups in total. The summed E-state index contributed by atoms with van der Waals surface area (Å²) in [6.45, 7) is 6.21. The molecule has 1 atom stereocenters. The minimum absolute atomic E-state index is 0.154. The van der Waals surface area contributed by atoms with Gasteiger partial charge < -0.3 is 19.5 Å². The normalized spacial score (nSPS) is 14.1. The van der Waals surface area contributed by atoms with E-state index in [1.54, 1.807) is 37.3 Å². The first-order valence-corrected chi connectivity index (χ1v) is 12.6. The third-order valence-electron chi connectivity index (χ3n) is 5.22. The van der Waals surface area contributed by atoms with Crippen LogP contribution in [0.3, 0.4) is 0 Å². The van der Waals surface area contributed by atoms with Crippen molar-refractivity contribution >= 4 is 27.3 Å². The number of benzene rings is 2. The van der Waals surface area contributed by atoms with Crippen LogP contribution in [0, 0.1) is 0 Å². The Hall–Kier alpha value is -3.37. The summed E-state index contributed by atoms with van der Waals surface area (Å²) in [5, 5.41) is 3.01. The molecule has 0 unspecified atom stereocenters. The molecular formula is C24H28N2O7S. The molecule has 1 aliphatic rings. The Labute approximate surface area is 199 Å². The number of hydrogen-bond donors (Lipinski definition) is 1. The summed E-state index contributed by atoms with van der Waals surface area (Å²) >= 11 is 0. The number of carbonyl (C=O) groups is 2. The highest BCUT2D eigenvalue weighted by Crippen LogP contribution is 2.38. The summed E-state index contributed by atoms with van der Waals surface area (Å²) in [6.07, 6.45) is 1.06. The molecule has 10 heteroatoms. The maximum atomic E-state index is 13.6. The van der Waals surface area contributed by atoms with E-state index in [4.69, 9.17) is 14.2 Å². The van der Waals surface area contributed by atoms with Gasteiger partial charge in [0, 0.05) is 19.1 Å². The van der Waals surface area contributed by atoms with Crippen molar-refractivity contribution < 1.29 is 32.2 Å². The fourth-order valence-electron chi connectivity index (χ4n) is 3.87. The number of amides is 2. The number of anilines is 1. The van der Waals surface area contributed by atoms with Gasteiger partial charge in [0.2, 0.25) is 0 Å². The van der Waals surface area contributed by atoms with Gasteiger partial charge in [0.05, 0.1) is 48.9 Å². The highest BCUT2D eigenvalue weighted by Gasteiger charge is 2.43. The van der Waals surface area contributed by atoms with Gasteiger partial charge in [0.25, 0.3) is 11.8 Å². The molecule has 2 aromatic rings. The summed E-state index contributed by atoms with van der Waals surface area (Å²) in [5.74, 6) is -0.792. The second kappa shape index (κ2) is 10.3. The minimum Gasteiger partial charge on any atom is -0.493 e. The monoisotopic (exact) mass is 488 g/mol. The van der Waals surface area contributed by atoms with E-state index in [1.807, 2.05) is 0 Å². The predicted molar refractivity (Wildman–Crippen MR) is 128 cm³/mol. The van der Waals surface area contributed by atoms with Crippen LogP contribution in [-0.4, -0.2) is 64.6 Å². The Morgan fingerprint density at radius 3 is 2.47 bits per heavy atom. The van der Waals surface area contributed by atoms with Crippen LogP contribution >= 0.6 is 0 Å². The highest BCUT2D eigenvalue weighted by atomic mass is 32.2. The van der Waals surface area contributed by atoms with E-state index in [-0.39, 0.29) is 17.7 Å². The molecule has 2 aromatic carbocycles. The summed E-state index contributed by atoms with van der Waals surface area (Å²) in [6, 6.07) is 8.61. The lowest BCUT2D eigenvalue weighted by molar-refractivity contribution is 0.0597. The zero-order chi connectivity index (χ0) is 25.0. The van der Waals surface area contributed by atoms with Crippen LogP contribution in [0.4, 0.5) is 5.69 Å². The van der Waals surface area contributed by atoms with Crippen molar-refractivity contribution in [2.45, 2.75) is 13.0 Å². The van der Waals surface area contributed by atoms with E-state index in [0.29, 0.717) is 35.1 Å². The number of imide groups is 1. The molecule has 3 rings (SSSR count). The number of methoxy groups -OCH3 is 2. The van der Waals surface area contributed by atoms with E-state index in [9.17, 15) is 18.0 Å². The summed E-state index contributed by atoms with van der Waals surface area (Å²) < 4.78 is 40.6. The van der Waals surface area contributed by atoms with Gasteiger partial charge in [-0.05, 0) is 36.8 Å². The smallest absolute Gasteiger partial charge is 0.264 e. The number of sulfone groups is 1. The van der Waals surface area contributed by atoms with Crippen LogP contribution in [0.25, 0.3) is 0 Å². The third kappa shape index (κ3) is 5.23. The van der Waals surface area contributed by atoms with Crippen molar-refractivity contribution in [1.82, 2.24) is 4.90 Å². The van der Waals surface area contributed by atoms with E-state index < -0.39 is 33.4 Å². The third-order valence-corrected chi connectivity index (χ3v) is 6.14. The second-order valence-electron chi connectivity index (χ2n) is 7.82. The van der Waals surface area contributed by atoms with Gasteiger partial charge in [0.1, 0.15) is 9.84 Å². The molecule has 0 bridgehead atoms. The van der Waals surface area contributed by atoms with E-state index in [2.05, 4.69) is 11.9 Å². The molecule has 0 saturated heterocycles. The fraction of sp³-hybridized carbons (Fsp3) is 0.333. The van der Waals surface area contributed by atoms with Crippen molar-refractivity contribution in [2.75, 3.05) is 44.8 Å². The van der Waals surface area contributed by atoms with Crippen molar-refractivity contribution in [3.05, 3.63) is 65.4 Å². The zero-order valence-electron chi connectivity index (χ0n) is 19.6. The quantitative estimate of drug-likeness (QED) is 0.481. The van der Waals surface area contributed by atoms with E-state index >= 15 is 0 Å². The summed E-state index contributed by atoms with van der Waals surface area (Å²) in [7, 11) is -0.583. The Kier molecular flexibility index (Phi) is 7.63. The molecule has 1 aliphatic heterocycles. The van der Waals surface area contributed by atoms with Crippen LogP contribution in [0.5, 0.6) is 11.5 Å². The van der Waals surface area contributed by atoms with Crippen LogP contribution in [0.1, 0.15) is 39.2 Å². The molecule has 0 aromatic heterocycles. The average molecular weight is 489 g/mol. The summed E-state index contributed by atoms with van der Waals surface area (Å²) in [5.41, 5.74) is 1.66. The van der Waals surface area contributed by atoms with Crippen LogP contribution < -0.4 is 14.8 Å². The van der Waals surface area contributed by atoms with Gasteiger partial charge in [-0.25, -0.2) is 8.42 Å². The van der Waals surface area contributed by atoms with Crippen molar-refractivity contribution in [3.8, 4) is 11.5 Å². The first-order valence-electron chi connectivity index (χ1n) is 10.5. The first-order chi connectivity index (χ1) is 16.1. The van der Waals surface area contributed by atoms with Crippen LogP contribution in [-0.2, 0) is 14.6 Å². The van der Waals surface area contributed by atoms with Crippen LogP contribution in [0.2, 0.25) is 0 Å². The largest absolute Gasteiger partial charge is 0.493 e. The number of nitrogens with one attached hydrogen (secondary N) is 1. The molecule has 0 radical (unpaired) electrons. The maximum absolute atomic E-state index is 13.6. The molecule has 182 valence electrons. The van der Waals surface area contributed by atoms with Crippen LogP contribution in [0.15, 0.2) is 48.7 Å². The standard InChI is InChI=1S/C24H28N2O7S/c1-6-33-21-12-16(10-11-20(21)32-4)19(14-34(5,29)30)26-23(27)17-8-7-9-18(22(17)24(26)28)25-15(2)13-31-3/h7-12,19,25H,2,6,13-14H2,1,3-5H3/t19-/m0/s1. The molecule has 0 aliphatic carbocycles. The van der Waals surface area contributed by atoms with E-state index in [1.165, 1.54) is 20.3 Å². The molecule has 34 heavy (non-hydrogen) atoms. The molecule has 1 heterocycles. The van der Waals surface area contributed by atoms with E-state index in [0.717, 1.165) is 11.2 Å². The minimum atomic E-state index is -3.58. The lowest BCUT2D eigenvalue weighted by Gasteiger charge is -2.27. The van der Waals surface area contributed by atoms with Crippen molar-refractivity contribution in [2.24, 2.45) is 0 Å². The van der Waals surface area contributed by atoms with Crippen molar-refractivity contribution in [1.29, 1.82) is 0 Å². The Bertz CT molecular complexity index is 1220. The second-order valence-corrected chi connectivity index (χ2v) is 10.0. The number of nitrogens with zero attached hydrogens (tertiary/aromatic N) is 1. The van der Waals surface area contributed by atoms with Gasteiger partial charge in [-0.1, -0.05) is 18.7 Å². The lowest BCUT2D eigenvalue weighted by Crippen LogP contribution is -2.37. The fourth-order valence-corrected chi connectivity index (χ4v) is 4.78. The maximum Gasteiger partial charge on any atom is 0.264 e. The molecule has 2 amide bonds. The Morgan fingerprint density at radius 2 is 1.85 bits per heavy atom. The van der Waals surface area contributed by atoms with Gasteiger partial charge in [-0.15, -0.1) is 0 Å². The number of ether oxygens (including phenoxy) is 3. The predicted octanol–water partition coefficient (Wildman–Crippen LogP) is 3.05. The number of fused-ring (bicyclic) bond motifs is 1. The first kappa shape index (κ1) is 25.3. The highest BCUT2D eigenvalue weighted by molar-refractivity contribution is 7.90. The van der Waals surface area contributed by atoms with Gasteiger partial charge in [-0.2, -0.15) is 0 Å². The molecule has 0 saturated carbocycles. The number of hydrogen-bond acceptors (Lipinski definition) is 8. The van der Waals surface area contributed by atoms with Gasteiger partial charge in [-0.3, -0.25) is 14.5 Å². The average Bonchev–Trinajstić information content (AvgIpc) is 3.03. The number of rotatable bonds is 11. The number of carbonyl (C=O) groups excluding carboxylic acids is 2.